The number of ether oxygens (including phenoxy) is 1. The van der Waals surface area contributed by atoms with Gasteiger partial charge in [0.15, 0.2) is 0 Å². The molecular weight excluding hydrogens is 348 g/mol. The van der Waals surface area contributed by atoms with Gasteiger partial charge in [0.2, 0.25) is 5.91 Å². The quantitative estimate of drug-likeness (QED) is 0.721. The molecule has 2 aromatic carbocycles. The zero-order valence-electron chi connectivity index (χ0n) is 16.9. The van der Waals surface area contributed by atoms with Crippen LogP contribution < -0.4 is 10.1 Å². The minimum Gasteiger partial charge on any atom is -0.497 e. The monoisotopic (exact) mass is 380 g/mol. The molecule has 1 aliphatic heterocycles. The van der Waals surface area contributed by atoms with Crippen molar-refractivity contribution in [2.75, 3.05) is 33.3 Å². The van der Waals surface area contributed by atoms with E-state index in [4.69, 9.17) is 4.74 Å². The zero-order chi connectivity index (χ0) is 19.6. The van der Waals surface area contributed by atoms with E-state index < -0.39 is 0 Å². The van der Waals surface area contributed by atoms with Crippen molar-refractivity contribution in [2.45, 2.75) is 32.1 Å². The van der Waals surface area contributed by atoms with Crippen LogP contribution in [0.5, 0.6) is 5.75 Å². The Bertz CT molecular complexity index is 707. The first kappa shape index (κ1) is 20.4. The number of rotatable bonds is 9. The molecule has 1 saturated heterocycles. The first-order chi connectivity index (χ1) is 13.7. The van der Waals surface area contributed by atoms with Gasteiger partial charge in [-0.1, -0.05) is 42.5 Å². The largest absolute Gasteiger partial charge is 0.497 e. The predicted octanol–water partition coefficient (Wildman–Crippen LogP) is 3.70. The first-order valence-corrected chi connectivity index (χ1v) is 10.4. The number of benzene rings is 2. The summed E-state index contributed by atoms with van der Waals surface area (Å²) >= 11 is 0. The maximum atomic E-state index is 12.1. The van der Waals surface area contributed by atoms with Crippen molar-refractivity contribution in [1.29, 1.82) is 0 Å². The van der Waals surface area contributed by atoms with Crippen LogP contribution in [0, 0.1) is 5.92 Å². The number of nitrogens with zero attached hydrogens (tertiary/aromatic N) is 1. The highest BCUT2D eigenvalue weighted by Gasteiger charge is 2.19. The molecule has 1 fully saturated rings. The molecule has 0 aliphatic carbocycles. The molecule has 1 aliphatic rings. The summed E-state index contributed by atoms with van der Waals surface area (Å²) in [5, 5.41) is 3.04. The Morgan fingerprint density at radius 2 is 1.75 bits per heavy atom. The average Bonchev–Trinajstić information content (AvgIpc) is 2.74. The van der Waals surface area contributed by atoms with Crippen molar-refractivity contribution < 1.29 is 9.53 Å². The van der Waals surface area contributed by atoms with Gasteiger partial charge >= 0.3 is 0 Å². The summed E-state index contributed by atoms with van der Waals surface area (Å²) in [6.45, 7) is 3.77. The van der Waals surface area contributed by atoms with Gasteiger partial charge in [-0.2, -0.15) is 0 Å². The summed E-state index contributed by atoms with van der Waals surface area (Å²) in [5.41, 5.74) is 2.65. The van der Waals surface area contributed by atoms with E-state index in [2.05, 4.69) is 40.5 Å². The number of likely N-dealkylation sites (tertiary alicyclic amines) is 1. The maximum Gasteiger partial charge on any atom is 0.221 e. The molecule has 1 heterocycles. The summed E-state index contributed by atoms with van der Waals surface area (Å²) in [6.07, 6.45) is 5.08. The van der Waals surface area contributed by atoms with Gasteiger partial charge in [0.25, 0.3) is 0 Å². The van der Waals surface area contributed by atoms with Crippen molar-refractivity contribution in [1.82, 2.24) is 10.2 Å². The molecule has 0 radical (unpaired) electrons. The highest BCUT2D eigenvalue weighted by atomic mass is 16.5. The van der Waals surface area contributed by atoms with E-state index in [0.29, 0.717) is 13.0 Å². The maximum absolute atomic E-state index is 12.1. The molecule has 2 aromatic rings. The molecule has 4 nitrogen and oxygen atoms in total. The fourth-order valence-electron chi connectivity index (χ4n) is 3.85. The van der Waals surface area contributed by atoms with E-state index in [1.165, 1.54) is 30.4 Å². The summed E-state index contributed by atoms with van der Waals surface area (Å²) in [6, 6.07) is 18.8. The lowest BCUT2D eigenvalue weighted by Gasteiger charge is -2.31. The van der Waals surface area contributed by atoms with Gasteiger partial charge in [0, 0.05) is 19.5 Å². The van der Waals surface area contributed by atoms with Crippen molar-refractivity contribution in [3.63, 3.8) is 0 Å². The van der Waals surface area contributed by atoms with Crippen LogP contribution in [0.1, 0.15) is 30.4 Å². The summed E-state index contributed by atoms with van der Waals surface area (Å²) in [5.74, 6) is 1.79. The van der Waals surface area contributed by atoms with E-state index in [1.54, 1.807) is 7.11 Å². The Labute approximate surface area is 168 Å². The van der Waals surface area contributed by atoms with Crippen LogP contribution in [0.2, 0.25) is 0 Å². The molecule has 3 rings (SSSR count). The summed E-state index contributed by atoms with van der Waals surface area (Å²) < 4.78 is 5.16. The van der Waals surface area contributed by atoms with E-state index in [9.17, 15) is 4.79 Å². The third-order valence-corrected chi connectivity index (χ3v) is 5.62. The molecule has 150 valence electrons. The van der Waals surface area contributed by atoms with Crippen LogP contribution >= 0.6 is 0 Å². The van der Waals surface area contributed by atoms with E-state index in [0.717, 1.165) is 37.7 Å². The predicted molar refractivity (Wildman–Crippen MR) is 114 cm³/mol. The average molecular weight is 381 g/mol. The lowest BCUT2D eigenvalue weighted by molar-refractivity contribution is -0.121. The van der Waals surface area contributed by atoms with E-state index in [-0.39, 0.29) is 5.91 Å². The van der Waals surface area contributed by atoms with Gasteiger partial charge < -0.3 is 15.0 Å². The summed E-state index contributed by atoms with van der Waals surface area (Å²) in [4.78, 5) is 14.6. The van der Waals surface area contributed by atoms with Gasteiger partial charge in [-0.25, -0.2) is 0 Å². The third kappa shape index (κ3) is 6.68. The fourth-order valence-corrected chi connectivity index (χ4v) is 3.85. The standard InChI is InChI=1S/C24H32N2O2/c1-28-23-9-7-20(8-10-23)11-15-25-24(27)14-18-26-16-12-22(13-17-26)19-21-5-3-2-4-6-21/h2-10,22H,11-19H2,1H3,(H,25,27). The highest BCUT2D eigenvalue weighted by Crippen LogP contribution is 2.21. The molecule has 0 aromatic heterocycles. The molecule has 0 saturated carbocycles. The Morgan fingerprint density at radius 3 is 2.43 bits per heavy atom. The minimum atomic E-state index is 0.153. The molecule has 0 bridgehead atoms. The number of amides is 1. The number of hydrogen-bond donors (Lipinski definition) is 1. The van der Waals surface area contributed by atoms with E-state index >= 15 is 0 Å². The summed E-state index contributed by atoms with van der Waals surface area (Å²) in [7, 11) is 1.67. The number of hydrogen-bond acceptors (Lipinski definition) is 3. The Kier molecular flexibility index (Phi) is 7.92. The number of carbonyl (C=O) groups excluding carboxylic acids is 1. The number of nitrogens with one attached hydrogen (secondary N) is 1. The normalized spacial score (nSPS) is 15.3. The molecule has 28 heavy (non-hydrogen) atoms. The second kappa shape index (κ2) is 10.9. The fraction of sp³-hybridized carbons (Fsp3) is 0.458. The molecular formula is C24H32N2O2. The second-order valence-corrected chi connectivity index (χ2v) is 7.67. The molecule has 0 unspecified atom stereocenters. The van der Waals surface area contributed by atoms with Gasteiger partial charge in [-0.05, 0) is 68.0 Å². The third-order valence-electron chi connectivity index (χ3n) is 5.62. The SMILES string of the molecule is COc1ccc(CCNC(=O)CCN2CCC(Cc3ccccc3)CC2)cc1. The van der Waals surface area contributed by atoms with Crippen LogP contribution in [0.3, 0.4) is 0 Å². The molecule has 0 atom stereocenters. The first-order valence-electron chi connectivity index (χ1n) is 10.4. The topological polar surface area (TPSA) is 41.6 Å². The molecule has 0 spiro atoms. The number of carbonyl (C=O) groups is 1. The lowest BCUT2D eigenvalue weighted by atomic mass is 9.90. The molecule has 4 heteroatoms. The number of piperidine rings is 1. The Morgan fingerprint density at radius 1 is 1.04 bits per heavy atom. The van der Waals surface area contributed by atoms with Gasteiger partial charge in [0.1, 0.15) is 5.75 Å². The van der Waals surface area contributed by atoms with Gasteiger partial charge in [-0.15, -0.1) is 0 Å². The molecule has 1 amide bonds. The highest BCUT2D eigenvalue weighted by molar-refractivity contribution is 5.76. The Hall–Kier alpha value is -2.33. The van der Waals surface area contributed by atoms with Crippen molar-refractivity contribution >= 4 is 5.91 Å². The van der Waals surface area contributed by atoms with Crippen molar-refractivity contribution in [2.24, 2.45) is 5.92 Å². The molecule has 1 N–H and O–H groups in total. The smallest absolute Gasteiger partial charge is 0.221 e. The minimum absolute atomic E-state index is 0.153. The Balaban J connectivity index is 1.27. The van der Waals surface area contributed by atoms with Gasteiger partial charge in [0.05, 0.1) is 7.11 Å². The number of methoxy groups -OCH3 is 1. The van der Waals surface area contributed by atoms with Crippen molar-refractivity contribution in [3.05, 3.63) is 65.7 Å². The van der Waals surface area contributed by atoms with Gasteiger partial charge in [-0.3, -0.25) is 4.79 Å². The van der Waals surface area contributed by atoms with Crippen LogP contribution in [0.4, 0.5) is 0 Å². The van der Waals surface area contributed by atoms with Crippen LogP contribution in [0.15, 0.2) is 54.6 Å². The lowest BCUT2D eigenvalue weighted by Crippen LogP contribution is -2.37. The van der Waals surface area contributed by atoms with Crippen LogP contribution in [-0.4, -0.2) is 44.1 Å². The van der Waals surface area contributed by atoms with Crippen molar-refractivity contribution in [3.8, 4) is 5.75 Å². The zero-order valence-corrected chi connectivity index (χ0v) is 16.9. The van der Waals surface area contributed by atoms with E-state index in [1.807, 2.05) is 24.3 Å². The second-order valence-electron chi connectivity index (χ2n) is 7.67. The van der Waals surface area contributed by atoms with Crippen LogP contribution in [0.25, 0.3) is 0 Å². The van der Waals surface area contributed by atoms with Crippen LogP contribution in [-0.2, 0) is 17.6 Å².